The number of nitrogens with zero attached hydrogens (tertiary/aromatic N) is 4. The van der Waals surface area contributed by atoms with Crippen LogP contribution in [-0.4, -0.2) is 64.2 Å². The van der Waals surface area contributed by atoms with E-state index >= 15 is 0 Å². The van der Waals surface area contributed by atoms with Crippen molar-refractivity contribution in [2.75, 3.05) is 31.1 Å². The van der Waals surface area contributed by atoms with Gasteiger partial charge < -0.3 is 14.4 Å². The fourth-order valence-electron chi connectivity index (χ4n) is 5.14. The highest BCUT2D eigenvalue weighted by atomic mass is 32.2. The van der Waals surface area contributed by atoms with E-state index in [9.17, 15) is 14.9 Å². The van der Waals surface area contributed by atoms with Crippen molar-refractivity contribution in [1.82, 2.24) is 9.47 Å². The summed E-state index contributed by atoms with van der Waals surface area (Å²) in [6.07, 6.45) is 5.42. The maximum absolute atomic E-state index is 13.5. The minimum absolute atomic E-state index is 0.00149. The molecule has 1 aromatic rings. The zero-order chi connectivity index (χ0) is 26.0. The number of aromatic nitrogens is 1. The van der Waals surface area contributed by atoms with Crippen LogP contribution in [0.4, 0.5) is 5.82 Å². The number of pyridine rings is 1. The van der Waals surface area contributed by atoms with Crippen LogP contribution >= 0.6 is 24.0 Å². The highest BCUT2D eigenvalue weighted by Gasteiger charge is 2.36. The number of nitriles is 1. The van der Waals surface area contributed by atoms with Gasteiger partial charge in [0.15, 0.2) is 0 Å². The molecule has 3 aliphatic rings. The molecule has 3 fully saturated rings. The number of rotatable bonds is 7. The number of anilines is 1. The van der Waals surface area contributed by atoms with E-state index in [1.54, 1.807) is 16.4 Å². The SMILES string of the molecule is CCCCn1c(N2CC(C)OC(C)C2)c(/C=C2\SC(=S)N(CC3CCCO3)C2=O)c(C)c(C#N)c1=O. The summed E-state index contributed by atoms with van der Waals surface area (Å²) in [7, 11) is 0. The molecule has 36 heavy (non-hydrogen) atoms. The fourth-order valence-corrected chi connectivity index (χ4v) is 6.40. The van der Waals surface area contributed by atoms with E-state index < -0.39 is 0 Å². The van der Waals surface area contributed by atoms with Gasteiger partial charge in [0.2, 0.25) is 0 Å². The molecule has 4 heterocycles. The molecule has 0 spiro atoms. The molecule has 0 saturated carbocycles. The van der Waals surface area contributed by atoms with Crippen LogP contribution in [0.3, 0.4) is 0 Å². The minimum Gasteiger partial charge on any atom is -0.376 e. The van der Waals surface area contributed by atoms with Gasteiger partial charge in [0, 0.05) is 31.8 Å². The van der Waals surface area contributed by atoms with Crippen LogP contribution in [-0.2, 0) is 20.8 Å². The first-order valence-corrected chi connectivity index (χ1v) is 13.9. The summed E-state index contributed by atoms with van der Waals surface area (Å²) in [5.74, 6) is 0.593. The second-order valence-electron chi connectivity index (χ2n) is 9.75. The molecule has 4 rings (SSSR count). The van der Waals surface area contributed by atoms with E-state index in [-0.39, 0.29) is 35.3 Å². The smallest absolute Gasteiger partial charge is 0.270 e. The van der Waals surface area contributed by atoms with Crippen molar-refractivity contribution in [3.63, 3.8) is 0 Å². The number of morpholine rings is 1. The monoisotopic (exact) mass is 530 g/mol. The number of hydrogen-bond donors (Lipinski definition) is 0. The first kappa shape index (κ1) is 26.9. The number of thioether (sulfide) groups is 1. The Bertz CT molecular complexity index is 1160. The van der Waals surface area contributed by atoms with Crippen molar-refractivity contribution in [2.24, 2.45) is 0 Å². The fraction of sp³-hybridized carbons (Fsp3) is 0.615. The number of unbranched alkanes of at least 4 members (excludes halogenated alkanes) is 1. The van der Waals surface area contributed by atoms with Crippen molar-refractivity contribution in [2.45, 2.75) is 78.2 Å². The van der Waals surface area contributed by atoms with Crippen LogP contribution < -0.4 is 10.5 Å². The van der Waals surface area contributed by atoms with Gasteiger partial charge in [-0.2, -0.15) is 5.26 Å². The normalized spacial score (nSPS) is 25.8. The lowest BCUT2D eigenvalue weighted by Gasteiger charge is -2.39. The molecule has 0 radical (unpaired) electrons. The van der Waals surface area contributed by atoms with Crippen molar-refractivity contribution in [3.8, 4) is 6.07 Å². The zero-order valence-corrected chi connectivity index (χ0v) is 23.0. The molecule has 1 aromatic heterocycles. The summed E-state index contributed by atoms with van der Waals surface area (Å²) < 4.78 is 13.9. The lowest BCUT2D eigenvalue weighted by Crippen LogP contribution is -2.48. The average molecular weight is 531 g/mol. The Hall–Kier alpha value is -2.19. The number of amides is 1. The van der Waals surface area contributed by atoms with E-state index in [1.165, 1.54) is 11.8 Å². The Labute approximate surface area is 222 Å². The van der Waals surface area contributed by atoms with E-state index in [0.717, 1.165) is 37.1 Å². The number of carbonyl (C=O) groups is 1. The maximum Gasteiger partial charge on any atom is 0.270 e. The summed E-state index contributed by atoms with van der Waals surface area (Å²) in [5.41, 5.74) is 1.14. The summed E-state index contributed by atoms with van der Waals surface area (Å²) in [6, 6.07) is 2.12. The van der Waals surface area contributed by atoms with Crippen LogP contribution in [0.5, 0.6) is 0 Å². The third-order valence-corrected chi connectivity index (χ3v) is 8.24. The van der Waals surface area contributed by atoms with Crippen LogP contribution in [0.15, 0.2) is 9.70 Å². The third kappa shape index (κ3) is 5.40. The van der Waals surface area contributed by atoms with Gasteiger partial charge in [0.25, 0.3) is 11.5 Å². The van der Waals surface area contributed by atoms with Crippen LogP contribution in [0.2, 0.25) is 0 Å². The third-order valence-electron chi connectivity index (χ3n) is 6.86. The van der Waals surface area contributed by atoms with Gasteiger partial charge in [0.05, 0.1) is 29.8 Å². The number of hydrogen-bond acceptors (Lipinski definition) is 8. The van der Waals surface area contributed by atoms with Crippen molar-refractivity contribution in [3.05, 3.63) is 31.9 Å². The second kappa shape index (κ2) is 11.5. The second-order valence-corrected chi connectivity index (χ2v) is 11.4. The van der Waals surface area contributed by atoms with Gasteiger partial charge in [-0.1, -0.05) is 37.3 Å². The van der Waals surface area contributed by atoms with Crippen molar-refractivity contribution >= 4 is 46.1 Å². The molecule has 10 heteroatoms. The van der Waals surface area contributed by atoms with E-state index in [0.29, 0.717) is 47.6 Å². The van der Waals surface area contributed by atoms with Crippen molar-refractivity contribution < 1.29 is 14.3 Å². The average Bonchev–Trinajstić information content (AvgIpc) is 3.43. The molecule has 3 saturated heterocycles. The predicted octanol–water partition coefficient (Wildman–Crippen LogP) is 3.82. The zero-order valence-electron chi connectivity index (χ0n) is 21.4. The predicted molar refractivity (Wildman–Crippen MR) is 146 cm³/mol. The van der Waals surface area contributed by atoms with Gasteiger partial charge in [-0.3, -0.25) is 19.1 Å². The standard InChI is InChI=1S/C26H34N4O4S2/c1-5-6-9-29-23(28-13-16(2)34-17(3)14-28)20(18(4)21(12-27)24(29)31)11-22-25(32)30(26(35)36-22)15-19-8-7-10-33-19/h11,16-17,19H,5-10,13-15H2,1-4H3/b22-11-. The van der Waals surface area contributed by atoms with Crippen LogP contribution in [0.25, 0.3) is 6.08 Å². The summed E-state index contributed by atoms with van der Waals surface area (Å²) in [4.78, 5) is 31.2. The van der Waals surface area contributed by atoms with Crippen LogP contribution in [0, 0.1) is 18.3 Å². The molecular weight excluding hydrogens is 496 g/mol. The minimum atomic E-state index is -0.284. The Balaban J connectivity index is 1.83. The van der Waals surface area contributed by atoms with Crippen LogP contribution in [0.1, 0.15) is 63.1 Å². The van der Waals surface area contributed by atoms with Gasteiger partial charge in [-0.15, -0.1) is 0 Å². The molecule has 3 unspecified atom stereocenters. The van der Waals surface area contributed by atoms with Gasteiger partial charge in [-0.25, -0.2) is 0 Å². The number of thiocarbonyl (C=S) groups is 1. The topological polar surface area (TPSA) is 87.8 Å². The Morgan fingerprint density at radius 2 is 1.97 bits per heavy atom. The Morgan fingerprint density at radius 1 is 1.25 bits per heavy atom. The largest absolute Gasteiger partial charge is 0.376 e. The van der Waals surface area contributed by atoms with E-state index in [4.69, 9.17) is 21.7 Å². The summed E-state index contributed by atoms with van der Waals surface area (Å²) >= 11 is 6.82. The lowest BCUT2D eigenvalue weighted by atomic mass is 10.0. The first-order chi connectivity index (χ1) is 17.2. The van der Waals surface area contributed by atoms with Gasteiger partial charge >= 0.3 is 0 Å². The molecule has 0 N–H and O–H groups in total. The van der Waals surface area contributed by atoms with E-state index in [1.807, 2.05) is 19.9 Å². The molecule has 8 nitrogen and oxygen atoms in total. The van der Waals surface area contributed by atoms with Gasteiger partial charge in [0.1, 0.15) is 21.8 Å². The van der Waals surface area contributed by atoms with Gasteiger partial charge in [-0.05, 0) is 51.7 Å². The molecule has 3 aliphatic heterocycles. The Morgan fingerprint density at radius 3 is 2.58 bits per heavy atom. The molecule has 1 amide bonds. The quantitative estimate of drug-likeness (QED) is 0.388. The maximum atomic E-state index is 13.5. The summed E-state index contributed by atoms with van der Waals surface area (Å²) in [6.45, 7) is 10.8. The molecule has 3 atom stereocenters. The number of ether oxygens (including phenoxy) is 2. The Kier molecular flexibility index (Phi) is 8.56. The molecule has 0 bridgehead atoms. The lowest BCUT2D eigenvalue weighted by molar-refractivity contribution is -0.123. The van der Waals surface area contributed by atoms with Crippen molar-refractivity contribution in [1.29, 1.82) is 5.26 Å². The number of carbonyl (C=O) groups excluding carboxylic acids is 1. The van der Waals surface area contributed by atoms with E-state index in [2.05, 4.69) is 17.9 Å². The highest BCUT2D eigenvalue weighted by Crippen LogP contribution is 2.37. The molecular formula is C26H34N4O4S2. The highest BCUT2D eigenvalue weighted by molar-refractivity contribution is 8.26. The first-order valence-electron chi connectivity index (χ1n) is 12.7. The molecule has 0 aliphatic carbocycles. The summed E-state index contributed by atoms with van der Waals surface area (Å²) in [5, 5.41) is 9.88. The molecule has 194 valence electrons. The molecule has 0 aromatic carbocycles.